The van der Waals surface area contributed by atoms with Gasteiger partial charge in [-0.15, -0.1) is 0 Å². The van der Waals surface area contributed by atoms with Gasteiger partial charge in [-0.2, -0.15) is 4.98 Å². The van der Waals surface area contributed by atoms with Gasteiger partial charge in [0.25, 0.3) is 0 Å². The molecule has 0 aliphatic rings. The quantitative estimate of drug-likeness (QED) is 0.758. The number of hydrogen-bond acceptors (Lipinski definition) is 4. The lowest BCUT2D eigenvalue weighted by Crippen LogP contribution is -2.31. The molecule has 0 saturated carbocycles. The summed E-state index contributed by atoms with van der Waals surface area (Å²) in [7, 11) is 0. The predicted molar refractivity (Wildman–Crippen MR) is 69.1 cm³/mol. The van der Waals surface area contributed by atoms with Crippen molar-refractivity contribution < 1.29 is 4.52 Å². The molecule has 0 radical (unpaired) electrons. The predicted octanol–water partition coefficient (Wildman–Crippen LogP) is 2.90. The highest BCUT2D eigenvalue weighted by molar-refractivity contribution is 4.94. The van der Waals surface area contributed by atoms with Gasteiger partial charge in [-0.25, -0.2) is 0 Å². The lowest BCUT2D eigenvalue weighted by Gasteiger charge is -2.13. The van der Waals surface area contributed by atoms with Crippen LogP contribution in [0, 0.1) is 0 Å². The summed E-state index contributed by atoms with van der Waals surface area (Å²) in [6.07, 6.45) is 4.11. The molecule has 98 valence electrons. The van der Waals surface area contributed by atoms with E-state index in [-0.39, 0.29) is 0 Å². The lowest BCUT2D eigenvalue weighted by atomic mass is 10.1. The first-order valence-corrected chi connectivity index (χ1v) is 6.77. The van der Waals surface area contributed by atoms with Gasteiger partial charge in [-0.05, 0) is 25.8 Å². The Bertz CT molecular complexity index is 311. The van der Waals surface area contributed by atoms with Gasteiger partial charge in [-0.1, -0.05) is 32.9 Å². The monoisotopic (exact) mass is 239 g/mol. The van der Waals surface area contributed by atoms with Gasteiger partial charge in [0.15, 0.2) is 5.82 Å². The second kappa shape index (κ2) is 7.43. The zero-order valence-electron chi connectivity index (χ0n) is 11.5. The van der Waals surface area contributed by atoms with Crippen molar-refractivity contribution in [2.24, 2.45) is 0 Å². The van der Waals surface area contributed by atoms with Crippen LogP contribution in [-0.2, 0) is 6.42 Å². The highest BCUT2D eigenvalue weighted by Gasteiger charge is 2.15. The summed E-state index contributed by atoms with van der Waals surface area (Å²) >= 11 is 0. The van der Waals surface area contributed by atoms with Crippen molar-refractivity contribution in [3.8, 4) is 0 Å². The summed E-state index contributed by atoms with van der Waals surface area (Å²) in [4.78, 5) is 4.46. The minimum Gasteiger partial charge on any atom is -0.339 e. The third-order valence-corrected chi connectivity index (χ3v) is 3.13. The Balaban J connectivity index is 2.52. The van der Waals surface area contributed by atoms with Gasteiger partial charge >= 0.3 is 0 Å². The van der Waals surface area contributed by atoms with E-state index in [4.69, 9.17) is 4.52 Å². The highest BCUT2D eigenvalue weighted by atomic mass is 16.5. The summed E-state index contributed by atoms with van der Waals surface area (Å²) in [5.41, 5.74) is 0. The average molecular weight is 239 g/mol. The molecule has 2 unspecified atom stereocenters. The molecule has 4 heteroatoms. The molecule has 0 aromatic carbocycles. The third-order valence-electron chi connectivity index (χ3n) is 3.13. The fourth-order valence-electron chi connectivity index (χ4n) is 1.65. The van der Waals surface area contributed by atoms with Gasteiger partial charge in [0.1, 0.15) is 0 Å². The fraction of sp³-hybridized carbons (Fsp3) is 0.846. The van der Waals surface area contributed by atoms with E-state index in [9.17, 15) is 0 Å². The Kier molecular flexibility index (Phi) is 6.19. The van der Waals surface area contributed by atoms with Crippen molar-refractivity contribution in [2.45, 2.75) is 65.3 Å². The Hall–Kier alpha value is -0.900. The Morgan fingerprint density at radius 1 is 1.24 bits per heavy atom. The summed E-state index contributed by atoms with van der Waals surface area (Å²) in [5.74, 6) is 1.99. The molecule has 0 saturated heterocycles. The van der Waals surface area contributed by atoms with E-state index in [0.29, 0.717) is 12.0 Å². The summed E-state index contributed by atoms with van der Waals surface area (Å²) < 4.78 is 5.30. The molecular formula is C13H25N3O. The number of nitrogens with zero attached hydrogens (tertiary/aromatic N) is 2. The fourth-order valence-corrected chi connectivity index (χ4v) is 1.65. The summed E-state index contributed by atoms with van der Waals surface area (Å²) in [6.45, 7) is 9.66. The number of hydrogen-bond donors (Lipinski definition) is 1. The Morgan fingerprint density at radius 2 is 2.00 bits per heavy atom. The highest BCUT2D eigenvalue weighted by Crippen LogP contribution is 2.15. The van der Waals surface area contributed by atoms with Crippen LogP contribution < -0.4 is 5.32 Å². The standard InChI is InChI=1S/C13H25N3O/c1-5-8-14-11(7-3)9-12-15-13(16-17-12)10(4)6-2/h10-11,14H,5-9H2,1-4H3. The topological polar surface area (TPSA) is 51.0 Å². The van der Waals surface area contributed by atoms with Crippen LogP contribution >= 0.6 is 0 Å². The third kappa shape index (κ3) is 4.46. The molecular weight excluding hydrogens is 214 g/mol. The minimum absolute atomic E-state index is 0.385. The largest absolute Gasteiger partial charge is 0.339 e. The van der Waals surface area contributed by atoms with Crippen LogP contribution in [0.3, 0.4) is 0 Å². The van der Waals surface area contributed by atoms with Crippen LogP contribution in [0.1, 0.15) is 64.6 Å². The molecule has 0 bridgehead atoms. The Morgan fingerprint density at radius 3 is 2.59 bits per heavy atom. The van der Waals surface area contributed by atoms with Crippen LogP contribution in [0.5, 0.6) is 0 Å². The number of nitrogens with one attached hydrogen (secondary N) is 1. The molecule has 17 heavy (non-hydrogen) atoms. The second-order valence-corrected chi connectivity index (χ2v) is 4.62. The molecule has 1 N–H and O–H groups in total. The second-order valence-electron chi connectivity index (χ2n) is 4.62. The molecule has 0 spiro atoms. The van der Waals surface area contributed by atoms with Crippen LogP contribution in [-0.4, -0.2) is 22.7 Å². The minimum atomic E-state index is 0.385. The first kappa shape index (κ1) is 14.2. The van der Waals surface area contributed by atoms with Crippen LogP contribution in [0.15, 0.2) is 4.52 Å². The van der Waals surface area contributed by atoms with E-state index in [1.165, 1.54) is 0 Å². The van der Waals surface area contributed by atoms with Gasteiger partial charge in [0, 0.05) is 18.4 Å². The first-order valence-electron chi connectivity index (χ1n) is 6.77. The van der Waals surface area contributed by atoms with Gasteiger partial charge < -0.3 is 9.84 Å². The normalized spacial score (nSPS) is 14.8. The molecule has 0 aliphatic carbocycles. The van der Waals surface area contributed by atoms with Crippen molar-refractivity contribution in [2.75, 3.05) is 6.54 Å². The zero-order valence-corrected chi connectivity index (χ0v) is 11.5. The first-order chi connectivity index (χ1) is 8.21. The molecule has 2 atom stereocenters. The van der Waals surface area contributed by atoms with E-state index in [2.05, 4.69) is 43.2 Å². The lowest BCUT2D eigenvalue weighted by molar-refractivity contribution is 0.348. The molecule has 1 heterocycles. The van der Waals surface area contributed by atoms with E-state index >= 15 is 0 Å². The van der Waals surface area contributed by atoms with Gasteiger partial charge in [0.05, 0.1) is 0 Å². The van der Waals surface area contributed by atoms with Crippen molar-refractivity contribution in [1.29, 1.82) is 0 Å². The van der Waals surface area contributed by atoms with E-state index in [1.54, 1.807) is 0 Å². The molecule has 0 amide bonds. The van der Waals surface area contributed by atoms with Gasteiger partial charge in [-0.3, -0.25) is 0 Å². The van der Waals surface area contributed by atoms with Crippen LogP contribution in [0.2, 0.25) is 0 Å². The van der Waals surface area contributed by atoms with Crippen molar-refractivity contribution in [1.82, 2.24) is 15.5 Å². The number of aromatic nitrogens is 2. The van der Waals surface area contributed by atoms with E-state index in [0.717, 1.165) is 43.9 Å². The van der Waals surface area contributed by atoms with Crippen molar-refractivity contribution >= 4 is 0 Å². The maximum atomic E-state index is 5.30. The van der Waals surface area contributed by atoms with Gasteiger partial charge in [0.2, 0.25) is 5.89 Å². The smallest absolute Gasteiger partial charge is 0.228 e. The molecule has 0 aliphatic heterocycles. The van der Waals surface area contributed by atoms with E-state index in [1.807, 2.05) is 0 Å². The van der Waals surface area contributed by atoms with E-state index < -0.39 is 0 Å². The zero-order chi connectivity index (χ0) is 12.7. The van der Waals surface area contributed by atoms with Crippen LogP contribution in [0.25, 0.3) is 0 Å². The SMILES string of the molecule is CCCNC(CC)Cc1nc(C(C)CC)no1. The number of rotatable bonds is 8. The van der Waals surface area contributed by atoms with Crippen LogP contribution in [0.4, 0.5) is 0 Å². The maximum absolute atomic E-state index is 5.30. The van der Waals surface area contributed by atoms with Crippen molar-refractivity contribution in [3.63, 3.8) is 0 Å². The molecule has 1 aromatic rings. The molecule has 1 rings (SSSR count). The van der Waals surface area contributed by atoms with Crippen molar-refractivity contribution in [3.05, 3.63) is 11.7 Å². The Labute approximate surface area is 104 Å². The molecule has 4 nitrogen and oxygen atoms in total. The average Bonchev–Trinajstić information content (AvgIpc) is 2.81. The maximum Gasteiger partial charge on any atom is 0.228 e. The molecule has 0 fully saturated rings. The summed E-state index contributed by atoms with van der Waals surface area (Å²) in [5, 5.41) is 7.53. The summed E-state index contributed by atoms with van der Waals surface area (Å²) in [6, 6.07) is 0.445. The molecule has 1 aromatic heterocycles.